The van der Waals surface area contributed by atoms with Crippen molar-refractivity contribution in [3.8, 4) is 17.7 Å². The lowest BCUT2D eigenvalue weighted by molar-refractivity contribution is 0.0949. The van der Waals surface area contributed by atoms with Crippen molar-refractivity contribution in [2.45, 2.75) is 6.54 Å². The van der Waals surface area contributed by atoms with Crippen molar-refractivity contribution in [1.29, 1.82) is 5.26 Å². The maximum absolute atomic E-state index is 11.9. The van der Waals surface area contributed by atoms with Gasteiger partial charge in [0.15, 0.2) is 5.82 Å². The number of amides is 1. The van der Waals surface area contributed by atoms with Gasteiger partial charge in [0.1, 0.15) is 11.8 Å². The molecule has 0 aliphatic carbocycles. The van der Waals surface area contributed by atoms with E-state index < -0.39 is 0 Å². The topological polar surface area (TPSA) is 105 Å². The van der Waals surface area contributed by atoms with Crippen LogP contribution in [0, 0.1) is 11.3 Å². The highest BCUT2D eigenvalue weighted by Crippen LogP contribution is 2.14. The van der Waals surface area contributed by atoms with E-state index in [1.807, 2.05) is 12.1 Å². The first-order valence-corrected chi connectivity index (χ1v) is 6.78. The summed E-state index contributed by atoms with van der Waals surface area (Å²) in [6.45, 7) is 0.146. The summed E-state index contributed by atoms with van der Waals surface area (Å²) in [5.41, 5.74) is 1.48. The molecule has 0 spiro atoms. The van der Waals surface area contributed by atoms with Crippen molar-refractivity contribution in [3.05, 3.63) is 65.6 Å². The number of carbonyl (C=O) groups is 1. The molecular formula is C16H11N5O2. The number of nitrogens with one attached hydrogen (secondary N) is 1. The van der Waals surface area contributed by atoms with Gasteiger partial charge >= 0.3 is 0 Å². The van der Waals surface area contributed by atoms with Gasteiger partial charge in [-0.1, -0.05) is 23.4 Å². The SMILES string of the molecule is N#Cc1ccc(-c2nc(CNC(=O)c3ccccc3)no2)nc1. The molecule has 0 radical (unpaired) electrons. The van der Waals surface area contributed by atoms with Crippen LogP contribution in [0.5, 0.6) is 0 Å². The highest BCUT2D eigenvalue weighted by atomic mass is 16.5. The Morgan fingerprint density at radius 2 is 2.04 bits per heavy atom. The van der Waals surface area contributed by atoms with Crippen molar-refractivity contribution in [3.63, 3.8) is 0 Å². The number of carbonyl (C=O) groups excluding carboxylic acids is 1. The molecule has 2 aromatic heterocycles. The summed E-state index contributed by atoms with van der Waals surface area (Å²) in [6.07, 6.45) is 1.43. The van der Waals surface area contributed by atoms with E-state index in [0.717, 1.165) is 0 Å². The quantitative estimate of drug-likeness (QED) is 0.789. The molecule has 0 saturated heterocycles. The summed E-state index contributed by atoms with van der Waals surface area (Å²) in [5.74, 6) is 0.363. The number of hydrogen-bond acceptors (Lipinski definition) is 6. The smallest absolute Gasteiger partial charge is 0.276 e. The lowest BCUT2D eigenvalue weighted by atomic mass is 10.2. The van der Waals surface area contributed by atoms with E-state index in [0.29, 0.717) is 22.6 Å². The minimum absolute atomic E-state index is 0.146. The van der Waals surface area contributed by atoms with Crippen molar-refractivity contribution < 1.29 is 9.32 Å². The molecule has 1 aromatic carbocycles. The van der Waals surface area contributed by atoms with Crippen LogP contribution in [0.15, 0.2) is 53.2 Å². The molecule has 3 aromatic rings. The molecule has 2 heterocycles. The molecule has 23 heavy (non-hydrogen) atoms. The molecule has 0 aliphatic rings. The second-order valence-corrected chi connectivity index (χ2v) is 4.61. The normalized spacial score (nSPS) is 10.0. The van der Waals surface area contributed by atoms with Gasteiger partial charge < -0.3 is 9.84 Å². The summed E-state index contributed by atoms with van der Waals surface area (Å²) in [7, 11) is 0. The van der Waals surface area contributed by atoms with Crippen molar-refractivity contribution in [2.75, 3.05) is 0 Å². The standard InChI is InChI=1S/C16H11N5O2/c17-8-11-6-7-13(18-9-11)16-20-14(21-23-16)10-19-15(22)12-4-2-1-3-5-12/h1-7,9H,10H2,(H,19,22). The molecule has 112 valence electrons. The molecule has 0 atom stereocenters. The number of nitriles is 1. The molecular weight excluding hydrogens is 294 g/mol. The second-order valence-electron chi connectivity index (χ2n) is 4.61. The Labute approximate surface area is 131 Å². The Kier molecular flexibility index (Phi) is 4.07. The summed E-state index contributed by atoms with van der Waals surface area (Å²) < 4.78 is 5.10. The Morgan fingerprint density at radius 1 is 1.22 bits per heavy atom. The maximum atomic E-state index is 11.9. The van der Waals surface area contributed by atoms with Crippen LogP contribution in [0.4, 0.5) is 0 Å². The maximum Gasteiger partial charge on any atom is 0.276 e. The molecule has 1 amide bonds. The highest BCUT2D eigenvalue weighted by Gasteiger charge is 2.11. The van der Waals surface area contributed by atoms with Gasteiger partial charge in [0.25, 0.3) is 11.8 Å². The zero-order valence-electron chi connectivity index (χ0n) is 11.9. The third-order valence-electron chi connectivity index (χ3n) is 3.02. The van der Waals surface area contributed by atoms with Crippen LogP contribution in [0.3, 0.4) is 0 Å². The number of aromatic nitrogens is 3. The van der Waals surface area contributed by atoms with E-state index >= 15 is 0 Å². The Balaban J connectivity index is 1.65. The summed E-state index contributed by atoms with van der Waals surface area (Å²) in [6, 6.07) is 14.1. The van der Waals surface area contributed by atoms with Crippen molar-refractivity contribution in [2.24, 2.45) is 0 Å². The lowest BCUT2D eigenvalue weighted by Crippen LogP contribution is -2.23. The number of benzene rings is 1. The van der Waals surface area contributed by atoms with Gasteiger partial charge in [-0.25, -0.2) is 4.98 Å². The van der Waals surface area contributed by atoms with E-state index in [2.05, 4.69) is 20.4 Å². The average Bonchev–Trinajstić information content (AvgIpc) is 3.09. The number of rotatable bonds is 4. The Hall–Kier alpha value is -3.53. The average molecular weight is 305 g/mol. The largest absolute Gasteiger partial charge is 0.345 e. The van der Waals surface area contributed by atoms with Crippen LogP contribution in [-0.2, 0) is 6.54 Å². The minimum atomic E-state index is -0.214. The van der Waals surface area contributed by atoms with Gasteiger partial charge in [-0.3, -0.25) is 4.79 Å². The summed E-state index contributed by atoms with van der Waals surface area (Å²) in [5, 5.41) is 15.2. The molecule has 0 unspecified atom stereocenters. The Bertz CT molecular complexity index is 850. The third-order valence-corrected chi connectivity index (χ3v) is 3.02. The van der Waals surface area contributed by atoms with Gasteiger partial charge in [0.2, 0.25) is 0 Å². The predicted octanol–water partition coefficient (Wildman–Crippen LogP) is 1.93. The molecule has 0 aliphatic heterocycles. The van der Waals surface area contributed by atoms with Crippen LogP contribution < -0.4 is 5.32 Å². The predicted molar refractivity (Wildman–Crippen MR) is 79.9 cm³/mol. The number of hydrogen-bond donors (Lipinski definition) is 1. The zero-order chi connectivity index (χ0) is 16.1. The number of pyridine rings is 1. The molecule has 1 N–H and O–H groups in total. The second kappa shape index (κ2) is 6.49. The lowest BCUT2D eigenvalue weighted by Gasteiger charge is -2.01. The fourth-order valence-corrected chi connectivity index (χ4v) is 1.87. The fraction of sp³-hybridized carbons (Fsp3) is 0.0625. The number of nitrogens with zero attached hydrogens (tertiary/aromatic N) is 4. The van der Waals surface area contributed by atoms with E-state index in [1.165, 1.54) is 6.20 Å². The molecule has 7 heteroatoms. The first kappa shape index (κ1) is 14.4. The van der Waals surface area contributed by atoms with Gasteiger partial charge in [0, 0.05) is 11.8 Å². The van der Waals surface area contributed by atoms with Crippen LogP contribution >= 0.6 is 0 Å². The van der Waals surface area contributed by atoms with E-state index in [1.54, 1.807) is 36.4 Å². The van der Waals surface area contributed by atoms with Crippen LogP contribution in [0.2, 0.25) is 0 Å². The van der Waals surface area contributed by atoms with Crippen molar-refractivity contribution in [1.82, 2.24) is 20.4 Å². The summed E-state index contributed by atoms with van der Waals surface area (Å²) >= 11 is 0. The molecule has 0 bridgehead atoms. The fourth-order valence-electron chi connectivity index (χ4n) is 1.87. The molecule has 0 fully saturated rings. The minimum Gasteiger partial charge on any atom is -0.345 e. The highest BCUT2D eigenvalue weighted by molar-refractivity contribution is 5.93. The van der Waals surface area contributed by atoms with Crippen LogP contribution in [0.1, 0.15) is 21.7 Å². The molecule has 3 rings (SSSR count). The van der Waals surface area contributed by atoms with E-state index in [-0.39, 0.29) is 18.3 Å². The van der Waals surface area contributed by atoms with Gasteiger partial charge in [-0.05, 0) is 24.3 Å². The first-order valence-electron chi connectivity index (χ1n) is 6.78. The summed E-state index contributed by atoms with van der Waals surface area (Å²) in [4.78, 5) is 20.2. The molecule has 0 saturated carbocycles. The van der Waals surface area contributed by atoms with Gasteiger partial charge in [-0.15, -0.1) is 0 Å². The van der Waals surface area contributed by atoms with Gasteiger partial charge in [0.05, 0.1) is 12.1 Å². The van der Waals surface area contributed by atoms with Crippen molar-refractivity contribution >= 4 is 5.91 Å². The monoisotopic (exact) mass is 305 g/mol. The third kappa shape index (κ3) is 3.39. The van der Waals surface area contributed by atoms with E-state index in [4.69, 9.17) is 9.78 Å². The zero-order valence-corrected chi connectivity index (χ0v) is 11.9. The molecule has 7 nitrogen and oxygen atoms in total. The van der Waals surface area contributed by atoms with E-state index in [9.17, 15) is 4.79 Å². The van der Waals surface area contributed by atoms with Crippen LogP contribution in [-0.4, -0.2) is 21.0 Å². The first-order chi connectivity index (χ1) is 11.3. The van der Waals surface area contributed by atoms with Crippen LogP contribution in [0.25, 0.3) is 11.6 Å². The Morgan fingerprint density at radius 3 is 2.74 bits per heavy atom. The van der Waals surface area contributed by atoms with Gasteiger partial charge in [-0.2, -0.15) is 10.2 Å².